The summed E-state index contributed by atoms with van der Waals surface area (Å²) in [4.78, 5) is 10.9. The van der Waals surface area contributed by atoms with Crippen LogP contribution in [-0.2, 0) is 4.79 Å². The van der Waals surface area contributed by atoms with Gasteiger partial charge in [0.05, 0.1) is 0 Å². The van der Waals surface area contributed by atoms with E-state index < -0.39 is 0 Å². The molecule has 0 aliphatic heterocycles. The van der Waals surface area contributed by atoms with E-state index in [1.54, 1.807) is 0 Å². The molecule has 0 saturated heterocycles. The van der Waals surface area contributed by atoms with Crippen LogP contribution in [0, 0.1) is 11.8 Å². The lowest BCUT2D eigenvalue weighted by Gasteiger charge is -1.98. The van der Waals surface area contributed by atoms with Crippen LogP contribution >= 0.6 is 0 Å². The Hall–Kier alpha value is -0.330. The van der Waals surface area contributed by atoms with Crippen molar-refractivity contribution in [3.8, 4) is 0 Å². The summed E-state index contributed by atoms with van der Waals surface area (Å²) in [7, 11) is 0. The molecular weight excluding hydrogens is 112 g/mol. The summed E-state index contributed by atoms with van der Waals surface area (Å²) in [5.41, 5.74) is 0. The fourth-order valence-corrected chi connectivity index (χ4v) is 0.839. The molecule has 1 aliphatic carbocycles. The van der Waals surface area contributed by atoms with E-state index in [1.165, 1.54) is 0 Å². The Morgan fingerprint density at radius 3 is 2.00 bits per heavy atom. The third kappa shape index (κ3) is 2.17. The second-order valence-electron chi connectivity index (χ2n) is 2.83. The first-order chi connectivity index (χ1) is 3.72. The van der Waals surface area contributed by atoms with Gasteiger partial charge in [-0.2, -0.15) is 0 Å². The molecule has 0 radical (unpaired) electrons. The third-order valence-corrected chi connectivity index (χ3v) is 1.55. The molecular formula is C8H16O. The molecule has 1 aliphatic rings. The van der Waals surface area contributed by atoms with Crippen molar-refractivity contribution < 1.29 is 4.79 Å². The molecule has 0 heterocycles. The largest absolute Gasteiger partial charge is 0.299 e. The van der Waals surface area contributed by atoms with Gasteiger partial charge in [-0.15, -0.1) is 0 Å². The molecule has 0 atom stereocenters. The van der Waals surface area contributed by atoms with E-state index in [9.17, 15) is 4.79 Å². The fraction of sp³-hybridized carbons (Fsp3) is 0.875. The van der Waals surface area contributed by atoms with Gasteiger partial charge in [-0.05, 0) is 12.8 Å². The summed E-state index contributed by atoms with van der Waals surface area (Å²) in [5.74, 6) is 1.18. The summed E-state index contributed by atoms with van der Waals surface area (Å²) < 4.78 is 0. The Kier molecular flexibility index (Phi) is 2.89. The fourth-order valence-electron chi connectivity index (χ4n) is 0.839. The molecule has 0 bridgehead atoms. The normalized spacial score (nSPS) is 17.2. The van der Waals surface area contributed by atoms with Gasteiger partial charge in [0.25, 0.3) is 0 Å². The Labute approximate surface area is 57.5 Å². The highest BCUT2D eigenvalue weighted by molar-refractivity contribution is 5.84. The Morgan fingerprint density at radius 2 is 1.89 bits per heavy atom. The van der Waals surface area contributed by atoms with Crippen LogP contribution in [0.2, 0.25) is 0 Å². The van der Waals surface area contributed by atoms with Gasteiger partial charge in [0.15, 0.2) is 0 Å². The third-order valence-electron chi connectivity index (χ3n) is 1.55. The van der Waals surface area contributed by atoms with Crippen molar-refractivity contribution in [3.05, 3.63) is 0 Å². The topological polar surface area (TPSA) is 17.1 Å². The predicted molar refractivity (Wildman–Crippen MR) is 39.3 cm³/mol. The van der Waals surface area contributed by atoms with Crippen LogP contribution in [0.5, 0.6) is 0 Å². The molecule has 0 aromatic rings. The lowest BCUT2D eigenvalue weighted by atomic mass is 10.1. The van der Waals surface area contributed by atoms with Crippen molar-refractivity contribution >= 4 is 5.78 Å². The second kappa shape index (κ2) is 3.00. The van der Waals surface area contributed by atoms with E-state index in [4.69, 9.17) is 0 Å². The smallest absolute Gasteiger partial charge is 0.138 e. The number of Topliss-reactive ketones (excluding diaryl/α,β-unsaturated/α-hetero) is 1. The molecule has 1 rings (SSSR count). The lowest BCUT2D eigenvalue weighted by Crippen LogP contribution is -2.08. The molecule has 0 aromatic heterocycles. The zero-order valence-corrected chi connectivity index (χ0v) is 5.48. The SMILES string of the molecule is C.CC(C)C(=O)C1CC1. The van der Waals surface area contributed by atoms with Crippen LogP contribution in [0.1, 0.15) is 34.1 Å². The van der Waals surface area contributed by atoms with Gasteiger partial charge in [-0.1, -0.05) is 21.3 Å². The Balaban J connectivity index is 0.000000640. The minimum atomic E-state index is 0. The van der Waals surface area contributed by atoms with E-state index in [0.29, 0.717) is 11.7 Å². The van der Waals surface area contributed by atoms with Gasteiger partial charge in [-0.3, -0.25) is 4.79 Å². The highest BCUT2D eigenvalue weighted by Gasteiger charge is 2.30. The number of hydrogen-bond donors (Lipinski definition) is 0. The van der Waals surface area contributed by atoms with Gasteiger partial charge in [-0.25, -0.2) is 0 Å². The summed E-state index contributed by atoms with van der Waals surface area (Å²) in [5, 5.41) is 0. The number of hydrogen-bond acceptors (Lipinski definition) is 1. The van der Waals surface area contributed by atoms with Crippen molar-refractivity contribution in [1.82, 2.24) is 0 Å². The highest BCUT2D eigenvalue weighted by Crippen LogP contribution is 2.31. The van der Waals surface area contributed by atoms with Crippen molar-refractivity contribution in [2.45, 2.75) is 34.1 Å². The molecule has 0 spiro atoms. The maximum absolute atomic E-state index is 10.9. The summed E-state index contributed by atoms with van der Waals surface area (Å²) in [6, 6.07) is 0. The van der Waals surface area contributed by atoms with E-state index in [1.807, 2.05) is 13.8 Å². The number of ketones is 1. The Bertz CT molecular complexity index is 97.1. The van der Waals surface area contributed by atoms with Crippen LogP contribution in [0.4, 0.5) is 0 Å². The molecule has 1 fully saturated rings. The minimum Gasteiger partial charge on any atom is -0.299 e. The van der Waals surface area contributed by atoms with Gasteiger partial charge in [0, 0.05) is 11.8 Å². The van der Waals surface area contributed by atoms with Crippen LogP contribution in [0.3, 0.4) is 0 Å². The average Bonchev–Trinajstić information content (AvgIpc) is 2.43. The number of carbonyl (C=O) groups is 1. The van der Waals surface area contributed by atoms with Gasteiger partial charge < -0.3 is 0 Å². The van der Waals surface area contributed by atoms with Crippen molar-refractivity contribution in [1.29, 1.82) is 0 Å². The maximum Gasteiger partial charge on any atom is 0.138 e. The van der Waals surface area contributed by atoms with Gasteiger partial charge >= 0.3 is 0 Å². The first-order valence-electron chi connectivity index (χ1n) is 3.25. The van der Waals surface area contributed by atoms with Crippen LogP contribution in [-0.4, -0.2) is 5.78 Å². The summed E-state index contributed by atoms with van der Waals surface area (Å²) in [6.45, 7) is 3.95. The van der Waals surface area contributed by atoms with Crippen LogP contribution < -0.4 is 0 Å². The molecule has 1 heteroatoms. The molecule has 1 nitrogen and oxygen atoms in total. The average molecular weight is 128 g/mol. The van der Waals surface area contributed by atoms with E-state index >= 15 is 0 Å². The molecule has 54 valence electrons. The Morgan fingerprint density at radius 1 is 1.44 bits per heavy atom. The van der Waals surface area contributed by atoms with Crippen molar-refractivity contribution in [3.63, 3.8) is 0 Å². The molecule has 9 heavy (non-hydrogen) atoms. The highest BCUT2D eigenvalue weighted by atomic mass is 16.1. The van der Waals surface area contributed by atoms with E-state index in [2.05, 4.69) is 0 Å². The maximum atomic E-state index is 10.9. The second-order valence-corrected chi connectivity index (χ2v) is 2.83. The standard InChI is InChI=1S/C7H12O.CH4/c1-5(2)7(8)6-3-4-6;/h5-6H,3-4H2,1-2H3;1H4. The summed E-state index contributed by atoms with van der Waals surface area (Å²) >= 11 is 0. The van der Waals surface area contributed by atoms with Crippen molar-refractivity contribution in [2.24, 2.45) is 11.8 Å². The zero-order valence-electron chi connectivity index (χ0n) is 5.48. The quantitative estimate of drug-likeness (QED) is 0.557. The summed E-state index contributed by atoms with van der Waals surface area (Å²) in [6.07, 6.45) is 2.30. The predicted octanol–water partition coefficient (Wildman–Crippen LogP) is 2.26. The minimum absolute atomic E-state index is 0. The monoisotopic (exact) mass is 128 g/mol. The molecule has 1 saturated carbocycles. The first kappa shape index (κ1) is 8.67. The molecule has 0 aromatic carbocycles. The molecule has 0 N–H and O–H groups in total. The van der Waals surface area contributed by atoms with Gasteiger partial charge in [0.2, 0.25) is 0 Å². The zero-order chi connectivity index (χ0) is 6.15. The van der Waals surface area contributed by atoms with E-state index in [0.717, 1.165) is 12.8 Å². The van der Waals surface area contributed by atoms with Gasteiger partial charge in [0.1, 0.15) is 5.78 Å². The first-order valence-corrected chi connectivity index (χ1v) is 3.25. The number of rotatable bonds is 2. The lowest BCUT2D eigenvalue weighted by molar-refractivity contribution is -0.123. The van der Waals surface area contributed by atoms with Crippen LogP contribution in [0.15, 0.2) is 0 Å². The van der Waals surface area contributed by atoms with Crippen molar-refractivity contribution in [2.75, 3.05) is 0 Å². The molecule has 0 unspecified atom stereocenters. The van der Waals surface area contributed by atoms with Crippen LogP contribution in [0.25, 0.3) is 0 Å². The number of carbonyl (C=O) groups excluding carboxylic acids is 1. The van der Waals surface area contributed by atoms with E-state index in [-0.39, 0.29) is 13.3 Å². The molecule has 0 amide bonds.